The molecular weight excluding hydrogens is 454 g/mol. The molecule has 7 heteroatoms. The number of ether oxygens (including phenoxy) is 1. The zero-order chi connectivity index (χ0) is 25.3. The molecule has 0 aromatic heterocycles. The number of amides is 2. The van der Waals surface area contributed by atoms with E-state index < -0.39 is 5.60 Å². The van der Waals surface area contributed by atoms with Crippen molar-refractivity contribution in [1.82, 2.24) is 15.1 Å². The normalized spacial score (nSPS) is 46.3. The van der Waals surface area contributed by atoms with Crippen LogP contribution in [0.2, 0.25) is 0 Å². The van der Waals surface area contributed by atoms with E-state index in [1.165, 1.54) is 0 Å². The van der Waals surface area contributed by atoms with E-state index in [0.717, 1.165) is 89.5 Å². The Morgan fingerprint density at radius 2 is 1.86 bits per heavy atom. The molecule has 0 radical (unpaired) electrons. The van der Waals surface area contributed by atoms with Crippen molar-refractivity contribution in [3.63, 3.8) is 0 Å². The number of esters is 1. The highest BCUT2D eigenvalue weighted by molar-refractivity contribution is 5.85. The highest BCUT2D eigenvalue weighted by Crippen LogP contribution is 2.70. The van der Waals surface area contributed by atoms with Gasteiger partial charge in [0, 0.05) is 50.8 Å². The minimum Gasteiger partial charge on any atom is -0.458 e. The summed E-state index contributed by atoms with van der Waals surface area (Å²) in [5.41, 5.74) is 0.505. The molecule has 36 heavy (non-hydrogen) atoms. The van der Waals surface area contributed by atoms with Gasteiger partial charge in [0.2, 0.25) is 0 Å². The van der Waals surface area contributed by atoms with Gasteiger partial charge in [0.1, 0.15) is 6.61 Å². The predicted molar refractivity (Wildman–Crippen MR) is 137 cm³/mol. The van der Waals surface area contributed by atoms with Crippen LogP contribution in [-0.4, -0.2) is 78.4 Å². The average molecular weight is 500 g/mol. The van der Waals surface area contributed by atoms with Crippen LogP contribution in [0.5, 0.6) is 0 Å². The number of hydrogen-bond donors (Lipinski definition) is 2. The van der Waals surface area contributed by atoms with Crippen molar-refractivity contribution >= 4 is 12.0 Å². The van der Waals surface area contributed by atoms with E-state index in [9.17, 15) is 14.7 Å². The number of cyclic esters (lactones) is 1. The van der Waals surface area contributed by atoms with Crippen molar-refractivity contribution < 1.29 is 19.4 Å². The summed E-state index contributed by atoms with van der Waals surface area (Å²) in [5.74, 6) is 1.52. The smallest absolute Gasteiger partial charge is 0.331 e. The van der Waals surface area contributed by atoms with Crippen LogP contribution >= 0.6 is 0 Å². The van der Waals surface area contributed by atoms with E-state index in [4.69, 9.17) is 4.74 Å². The highest BCUT2D eigenvalue weighted by Gasteiger charge is 2.67. The Hall–Kier alpha value is -1.60. The fourth-order valence-corrected chi connectivity index (χ4v) is 9.97. The Balaban J connectivity index is 1.18. The quantitative estimate of drug-likeness (QED) is 0.568. The minimum atomic E-state index is -0.660. The third-order valence-electron chi connectivity index (χ3n) is 12.2. The van der Waals surface area contributed by atoms with Crippen LogP contribution in [0.1, 0.15) is 71.6 Å². The lowest BCUT2D eigenvalue weighted by molar-refractivity contribution is -0.206. The number of carbonyl (C=O) groups excluding carboxylic acids is 2. The molecule has 0 unspecified atom stereocenters. The molecule has 4 saturated carbocycles. The molecular formula is C29H45N3O4. The summed E-state index contributed by atoms with van der Waals surface area (Å²) in [6, 6.07) is 0.517. The van der Waals surface area contributed by atoms with Crippen molar-refractivity contribution in [3.05, 3.63) is 11.6 Å². The molecule has 2 aliphatic heterocycles. The summed E-state index contributed by atoms with van der Waals surface area (Å²) < 4.78 is 5.27. The Labute approximate surface area is 216 Å². The Bertz CT molecular complexity index is 947. The van der Waals surface area contributed by atoms with E-state index in [2.05, 4.69) is 19.2 Å². The van der Waals surface area contributed by atoms with Crippen LogP contribution < -0.4 is 5.32 Å². The predicted octanol–water partition coefficient (Wildman–Crippen LogP) is 3.57. The van der Waals surface area contributed by atoms with Gasteiger partial charge in [-0.15, -0.1) is 0 Å². The summed E-state index contributed by atoms with van der Waals surface area (Å²) in [7, 11) is 2.02. The van der Waals surface area contributed by atoms with E-state index in [1.807, 2.05) is 16.8 Å². The van der Waals surface area contributed by atoms with Gasteiger partial charge in [-0.1, -0.05) is 13.8 Å². The number of aliphatic hydroxyl groups is 1. The van der Waals surface area contributed by atoms with Crippen LogP contribution in [-0.2, 0) is 9.53 Å². The van der Waals surface area contributed by atoms with Crippen molar-refractivity contribution in [2.45, 2.75) is 83.3 Å². The van der Waals surface area contributed by atoms with Gasteiger partial charge in [-0.05, 0) is 92.4 Å². The number of hydrogen-bond acceptors (Lipinski definition) is 5. The average Bonchev–Trinajstić information content (AvgIpc) is 3.43. The molecule has 0 spiro atoms. The van der Waals surface area contributed by atoms with Gasteiger partial charge in [0.25, 0.3) is 0 Å². The number of rotatable bonds is 2. The summed E-state index contributed by atoms with van der Waals surface area (Å²) in [5, 5.41) is 15.7. The topological polar surface area (TPSA) is 82.1 Å². The van der Waals surface area contributed by atoms with Crippen molar-refractivity contribution in [2.75, 3.05) is 39.8 Å². The molecule has 2 amide bonds. The van der Waals surface area contributed by atoms with Gasteiger partial charge in [-0.2, -0.15) is 0 Å². The standard InChI is InChI=1S/C29H45N3O4/c1-27-9-6-21(31(3)26(34)32-14-12-30-13-15-32)17-20(27)4-5-24-23(27)7-10-28(2)22(8-11-29(24,28)35)19-16-25(33)36-18-19/h16,20-24,30,35H,4-15,17-18H2,1-3H3/t20-,21+,22-,23+,24-,27+,28-,29+/m1/s1. The SMILES string of the molecule is CN(C(=O)N1CCNCC1)[C@H]1CC[C@@]2(C)[C@H](CC[C@@H]3[C@@H]2CC[C@]2(C)[C@@H](C4=CC(=O)OC4)CC[C@]32O)C1. The van der Waals surface area contributed by atoms with Crippen LogP contribution in [0.3, 0.4) is 0 Å². The first kappa shape index (κ1) is 24.7. The van der Waals surface area contributed by atoms with Gasteiger partial charge >= 0.3 is 12.0 Å². The second-order valence-corrected chi connectivity index (χ2v) is 13.4. The van der Waals surface area contributed by atoms with E-state index in [-0.39, 0.29) is 28.7 Å². The van der Waals surface area contributed by atoms with Crippen LogP contribution in [0.25, 0.3) is 0 Å². The molecule has 2 N–H and O–H groups in total. The molecule has 200 valence electrons. The summed E-state index contributed by atoms with van der Waals surface area (Å²) in [6.07, 6.45) is 11.2. The molecule has 6 rings (SSSR count). The first-order chi connectivity index (χ1) is 17.2. The third-order valence-corrected chi connectivity index (χ3v) is 12.2. The van der Waals surface area contributed by atoms with Gasteiger partial charge < -0.3 is 25.0 Å². The molecule has 7 nitrogen and oxygen atoms in total. The summed E-state index contributed by atoms with van der Waals surface area (Å²) >= 11 is 0. The molecule has 4 aliphatic carbocycles. The van der Waals surface area contributed by atoms with E-state index in [1.54, 1.807) is 6.08 Å². The molecule has 6 aliphatic rings. The van der Waals surface area contributed by atoms with Crippen LogP contribution in [0, 0.1) is 34.5 Å². The molecule has 8 atom stereocenters. The molecule has 0 aromatic carbocycles. The van der Waals surface area contributed by atoms with Crippen molar-refractivity contribution in [3.8, 4) is 0 Å². The lowest BCUT2D eigenvalue weighted by Crippen LogP contribution is -2.63. The van der Waals surface area contributed by atoms with Crippen molar-refractivity contribution in [2.24, 2.45) is 34.5 Å². The fourth-order valence-electron chi connectivity index (χ4n) is 9.97. The summed E-state index contributed by atoms with van der Waals surface area (Å²) in [6.45, 7) is 8.59. The molecule has 0 aromatic rings. The number of carbonyl (C=O) groups is 2. The number of nitrogens with one attached hydrogen (secondary N) is 1. The highest BCUT2D eigenvalue weighted by atomic mass is 16.5. The number of nitrogens with zero attached hydrogens (tertiary/aromatic N) is 2. The van der Waals surface area contributed by atoms with Crippen LogP contribution in [0.4, 0.5) is 4.79 Å². The van der Waals surface area contributed by atoms with Gasteiger partial charge in [0.15, 0.2) is 0 Å². The van der Waals surface area contributed by atoms with Gasteiger partial charge in [-0.3, -0.25) is 0 Å². The molecule has 2 heterocycles. The first-order valence-corrected chi connectivity index (χ1v) is 14.5. The summed E-state index contributed by atoms with van der Waals surface area (Å²) in [4.78, 5) is 29.0. The number of urea groups is 1. The largest absolute Gasteiger partial charge is 0.458 e. The molecule has 5 fully saturated rings. The Kier molecular flexibility index (Phi) is 5.99. The van der Waals surface area contributed by atoms with E-state index in [0.29, 0.717) is 30.4 Å². The van der Waals surface area contributed by atoms with Crippen molar-refractivity contribution in [1.29, 1.82) is 0 Å². The Morgan fingerprint density at radius 1 is 1.08 bits per heavy atom. The Morgan fingerprint density at radius 3 is 2.58 bits per heavy atom. The lowest BCUT2D eigenvalue weighted by atomic mass is 9.43. The monoisotopic (exact) mass is 499 g/mol. The second kappa shape index (κ2) is 8.72. The second-order valence-electron chi connectivity index (χ2n) is 13.4. The number of piperazine rings is 1. The van der Waals surface area contributed by atoms with Crippen LogP contribution in [0.15, 0.2) is 11.6 Å². The zero-order valence-corrected chi connectivity index (χ0v) is 22.4. The van der Waals surface area contributed by atoms with Gasteiger partial charge in [0.05, 0.1) is 5.60 Å². The lowest BCUT2D eigenvalue weighted by Gasteiger charge is -2.64. The molecule has 1 saturated heterocycles. The molecule has 0 bridgehead atoms. The fraction of sp³-hybridized carbons (Fsp3) is 0.862. The zero-order valence-electron chi connectivity index (χ0n) is 22.4. The maximum Gasteiger partial charge on any atom is 0.331 e. The minimum absolute atomic E-state index is 0.176. The first-order valence-electron chi connectivity index (χ1n) is 14.5. The van der Waals surface area contributed by atoms with Gasteiger partial charge in [-0.25, -0.2) is 9.59 Å². The third kappa shape index (κ3) is 3.51. The number of fused-ring (bicyclic) bond motifs is 5. The maximum atomic E-state index is 13.2. The maximum absolute atomic E-state index is 13.2. The van der Waals surface area contributed by atoms with E-state index >= 15 is 0 Å².